The summed E-state index contributed by atoms with van der Waals surface area (Å²) in [5, 5.41) is 18.0. The first kappa shape index (κ1) is 7.50. The number of likely N-dealkylation sites (tertiary alicyclic amines) is 1. The van der Waals surface area contributed by atoms with Crippen LogP contribution in [-0.4, -0.2) is 40.4 Å². The van der Waals surface area contributed by atoms with Gasteiger partial charge in [-0.05, 0) is 0 Å². The molecule has 2 N–H and O–H groups in total. The Morgan fingerprint density at radius 2 is 1.80 bits per heavy atom. The van der Waals surface area contributed by atoms with Crippen LogP contribution in [0.5, 0.6) is 0 Å². The van der Waals surface area contributed by atoms with Gasteiger partial charge in [-0.2, -0.15) is 0 Å². The smallest absolute Gasteiger partial charge is 0.209 e. The van der Waals surface area contributed by atoms with Gasteiger partial charge in [0.2, 0.25) is 6.41 Å². The fourth-order valence-corrected chi connectivity index (χ4v) is 0.988. The number of carbonyl (C=O) groups excluding carboxylic acids is 1. The third kappa shape index (κ3) is 1.68. The van der Waals surface area contributed by atoms with Crippen LogP contribution in [0.2, 0.25) is 0 Å². The minimum atomic E-state index is -1.54. The molecule has 1 fully saturated rings. The highest BCUT2D eigenvalue weighted by Crippen LogP contribution is 2.17. The lowest BCUT2D eigenvalue weighted by atomic mass is 10.1. The van der Waals surface area contributed by atoms with Crippen molar-refractivity contribution in [3.63, 3.8) is 0 Å². The van der Waals surface area contributed by atoms with E-state index in [1.165, 1.54) is 4.90 Å². The summed E-state index contributed by atoms with van der Waals surface area (Å²) in [7, 11) is 0. The molecule has 0 aromatic carbocycles. The summed E-state index contributed by atoms with van der Waals surface area (Å²) in [6.45, 7) is 0.882. The molecule has 0 unspecified atom stereocenters. The molecule has 0 aliphatic carbocycles. The maximum atomic E-state index is 10.1. The summed E-state index contributed by atoms with van der Waals surface area (Å²) in [5.41, 5.74) is 0. The van der Waals surface area contributed by atoms with E-state index in [1.807, 2.05) is 0 Å². The number of rotatable bonds is 1. The van der Waals surface area contributed by atoms with Gasteiger partial charge in [-0.25, -0.2) is 0 Å². The van der Waals surface area contributed by atoms with Crippen molar-refractivity contribution >= 4 is 6.41 Å². The second kappa shape index (κ2) is 2.56. The summed E-state index contributed by atoms with van der Waals surface area (Å²) in [6, 6.07) is 0. The van der Waals surface area contributed by atoms with Crippen molar-refractivity contribution in [2.24, 2.45) is 0 Å². The molecular weight excluding hydrogens is 134 g/mol. The normalized spacial score (nSPS) is 24.4. The van der Waals surface area contributed by atoms with Crippen LogP contribution < -0.4 is 0 Å². The highest BCUT2D eigenvalue weighted by atomic mass is 16.5. The highest BCUT2D eigenvalue weighted by Gasteiger charge is 2.28. The summed E-state index contributed by atoms with van der Waals surface area (Å²) in [5.74, 6) is -1.54. The Morgan fingerprint density at radius 3 is 2.20 bits per heavy atom. The van der Waals surface area contributed by atoms with Gasteiger partial charge in [-0.1, -0.05) is 0 Å². The SMILES string of the molecule is O=CN1CCC(O)(O)CC1. The van der Waals surface area contributed by atoms with E-state index in [0.717, 1.165) is 6.41 Å². The van der Waals surface area contributed by atoms with Crippen molar-refractivity contribution in [3.8, 4) is 0 Å². The molecular formula is C6H11NO3. The summed E-state index contributed by atoms with van der Waals surface area (Å²) in [4.78, 5) is 11.7. The minimum Gasteiger partial charge on any atom is -0.365 e. The first-order chi connectivity index (χ1) is 4.64. The second-order valence-electron chi connectivity index (χ2n) is 2.62. The van der Waals surface area contributed by atoms with Crippen LogP contribution >= 0.6 is 0 Å². The fraction of sp³-hybridized carbons (Fsp3) is 0.833. The monoisotopic (exact) mass is 145 g/mol. The summed E-state index contributed by atoms with van der Waals surface area (Å²) >= 11 is 0. The van der Waals surface area contributed by atoms with Crippen LogP contribution in [0, 0.1) is 0 Å². The van der Waals surface area contributed by atoms with E-state index in [2.05, 4.69) is 0 Å². The molecule has 1 aliphatic rings. The van der Waals surface area contributed by atoms with E-state index in [-0.39, 0.29) is 12.8 Å². The van der Waals surface area contributed by atoms with Crippen LogP contribution in [0.3, 0.4) is 0 Å². The number of aliphatic hydroxyl groups is 2. The molecule has 1 amide bonds. The second-order valence-corrected chi connectivity index (χ2v) is 2.62. The third-order valence-electron chi connectivity index (χ3n) is 1.75. The van der Waals surface area contributed by atoms with Gasteiger partial charge in [0.05, 0.1) is 0 Å². The van der Waals surface area contributed by atoms with Gasteiger partial charge in [0.15, 0.2) is 5.79 Å². The Hall–Kier alpha value is -0.610. The molecule has 0 aromatic rings. The molecule has 1 heterocycles. The van der Waals surface area contributed by atoms with Gasteiger partial charge in [0.25, 0.3) is 0 Å². The van der Waals surface area contributed by atoms with Crippen LogP contribution in [0.4, 0.5) is 0 Å². The van der Waals surface area contributed by atoms with E-state index < -0.39 is 5.79 Å². The molecule has 0 saturated carbocycles. The molecule has 0 bridgehead atoms. The third-order valence-corrected chi connectivity index (χ3v) is 1.75. The number of carbonyl (C=O) groups is 1. The first-order valence-corrected chi connectivity index (χ1v) is 3.28. The largest absolute Gasteiger partial charge is 0.365 e. The number of nitrogens with zero attached hydrogens (tertiary/aromatic N) is 1. The van der Waals surface area contributed by atoms with Crippen LogP contribution in [-0.2, 0) is 4.79 Å². The molecule has 0 aromatic heterocycles. The Bertz CT molecular complexity index is 125. The van der Waals surface area contributed by atoms with Gasteiger partial charge in [0.1, 0.15) is 0 Å². The van der Waals surface area contributed by atoms with Crippen LogP contribution in [0.25, 0.3) is 0 Å². The van der Waals surface area contributed by atoms with Crippen LogP contribution in [0.1, 0.15) is 12.8 Å². The van der Waals surface area contributed by atoms with Crippen molar-refractivity contribution < 1.29 is 15.0 Å². The average Bonchev–Trinajstić information content (AvgIpc) is 1.88. The lowest BCUT2D eigenvalue weighted by molar-refractivity contribution is -0.188. The van der Waals surface area contributed by atoms with E-state index in [0.29, 0.717) is 13.1 Å². The number of piperidine rings is 1. The fourth-order valence-electron chi connectivity index (χ4n) is 0.988. The minimum absolute atomic E-state index is 0.256. The van der Waals surface area contributed by atoms with Gasteiger partial charge < -0.3 is 15.1 Å². The highest BCUT2D eigenvalue weighted by molar-refractivity contribution is 5.47. The molecule has 58 valence electrons. The van der Waals surface area contributed by atoms with Gasteiger partial charge >= 0.3 is 0 Å². The van der Waals surface area contributed by atoms with E-state index in [9.17, 15) is 4.79 Å². The van der Waals surface area contributed by atoms with E-state index in [1.54, 1.807) is 0 Å². The maximum absolute atomic E-state index is 10.1. The Labute approximate surface area is 59.1 Å². The molecule has 4 heteroatoms. The van der Waals surface area contributed by atoms with Crippen molar-refractivity contribution in [1.29, 1.82) is 0 Å². The van der Waals surface area contributed by atoms with Gasteiger partial charge in [0, 0.05) is 25.9 Å². The van der Waals surface area contributed by atoms with Crippen molar-refractivity contribution in [1.82, 2.24) is 4.90 Å². The molecule has 1 aliphatic heterocycles. The Kier molecular flexibility index (Phi) is 1.92. The molecule has 0 atom stereocenters. The van der Waals surface area contributed by atoms with Crippen LogP contribution in [0.15, 0.2) is 0 Å². The number of hydrogen-bond donors (Lipinski definition) is 2. The van der Waals surface area contributed by atoms with E-state index >= 15 is 0 Å². The lowest BCUT2D eigenvalue weighted by Gasteiger charge is -2.32. The van der Waals surface area contributed by atoms with Crippen molar-refractivity contribution in [2.45, 2.75) is 18.6 Å². The number of amides is 1. The summed E-state index contributed by atoms with van der Waals surface area (Å²) < 4.78 is 0. The number of hydrogen-bond acceptors (Lipinski definition) is 3. The zero-order valence-corrected chi connectivity index (χ0v) is 5.66. The predicted molar refractivity (Wildman–Crippen MR) is 34.0 cm³/mol. The first-order valence-electron chi connectivity index (χ1n) is 3.28. The molecule has 10 heavy (non-hydrogen) atoms. The van der Waals surface area contributed by atoms with Gasteiger partial charge in [-0.15, -0.1) is 0 Å². The standard InChI is InChI=1S/C6H11NO3/c8-5-7-3-1-6(9,10)2-4-7/h5,9-10H,1-4H2. The van der Waals surface area contributed by atoms with Crippen molar-refractivity contribution in [3.05, 3.63) is 0 Å². The average molecular weight is 145 g/mol. The zero-order valence-electron chi connectivity index (χ0n) is 5.66. The predicted octanol–water partition coefficient (Wildman–Crippen LogP) is -1.08. The maximum Gasteiger partial charge on any atom is 0.209 e. The summed E-state index contributed by atoms with van der Waals surface area (Å²) in [6.07, 6.45) is 1.24. The van der Waals surface area contributed by atoms with E-state index in [4.69, 9.17) is 10.2 Å². The molecule has 0 radical (unpaired) electrons. The zero-order chi connectivity index (χ0) is 7.61. The topological polar surface area (TPSA) is 60.8 Å². The Morgan fingerprint density at radius 1 is 1.30 bits per heavy atom. The van der Waals surface area contributed by atoms with Gasteiger partial charge in [-0.3, -0.25) is 4.79 Å². The molecule has 4 nitrogen and oxygen atoms in total. The Balaban J connectivity index is 2.38. The molecule has 1 saturated heterocycles. The quantitative estimate of drug-likeness (QED) is 0.364. The molecule has 0 spiro atoms. The van der Waals surface area contributed by atoms with Crippen molar-refractivity contribution in [2.75, 3.05) is 13.1 Å². The molecule has 1 rings (SSSR count). The lowest BCUT2D eigenvalue weighted by Crippen LogP contribution is -2.43.